The second-order valence-electron chi connectivity index (χ2n) is 2.10. The predicted molar refractivity (Wildman–Crippen MR) is 38.7 cm³/mol. The Morgan fingerprint density at radius 3 is 2.90 bits per heavy atom. The molecule has 0 saturated carbocycles. The minimum absolute atomic E-state index is 0.949. The molecule has 2 heteroatoms. The summed E-state index contributed by atoms with van der Waals surface area (Å²) in [5.41, 5.74) is 2.04. The van der Waals surface area contributed by atoms with Crippen molar-refractivity contribution in [2.75, 3.05) is 0 Å². The highest BCUT2D eigenvalue weighted by Crippen LogP contribution is 2.14. The topological polar surface area (TPSA) is 25.8 Å². The average molecular weight is 130 g/mol. The van der Waals surface area contributed by atoms with Crippen molar-refractivity contribution < 1.29 is 0 Å². The first-order valence-corrected chi connectivity index (χ1v) is 3.13. The predicted octanol–water partition coefficient (Wildman–Crippen LogP) is 1.58. The maximum Gasteiger partial charge on any atom is 0.0945 e. The molecule has 2 aliphatic rings. The number of aromatic nitrogens is 2. The highest BCUT2D eigenvalue weighted by molar-refractivity contribution is 5.57. The summed E-state index contributed by atoms with van der Waals surface area (Å²) < 4.78 is 0. The van der Waals surface area contributed by atoms with Crippen LogP contribution in [0.5, 0.6) is 0 Å². The van der Waals surface area contributed by atoms with Crippen molar-refractivity contribution in [2.45, 2.75) is 0 Å². The molecule has 48 valence electrons. The van der Waals surface area contributed by atoms with Gasteiger partial charge in [0, 0.05) is 5.56 Å². The third kappa shape index (κ3) is 0.739. The summed E-state index contributed by atoms with van der Waals surface area (Å²) in [6, 6.07) is 9.85. The van der Waals surface area contributed by atoms with Gasteiger partial charge in [-0.3, -0.25) is 0 Å². The van der Waals surface area contributed by atoms with E-state index in [-0.39, 0.29) is 0 Å². The van der Waals surface area contributed by atoms with Crippen LogP contribution in [0.4, 0.5) is 0 Å². The largest absolute Gasteiger partial charge is 0.158 e. The Bertz CT molecular complexity index is 278. The van der Waals surface area contributed by atoms with E-state index < -0.39 is 0 Å². The molecule has 0 radical (unpaired) electrons. The van der Waals surface area contributed by atoms with Crippen molar-refractivity contribution in [3.8, 4) is 11.3 Å². The van der Waals surface area contributed by atoms with Crippen LogP contribution in [0, 0.1) is 0 Å². The smallest absolute Gasteiger partial charge is 0.0945 e. The molecule has 0 saturated heterocycles. The van der Waals surface area contributed by atoms with Gasteiger partial charge in [0.05, 0.1) is 11.9 Å². The number of rotatable bonds is 0. The first-order valence-electron chi connectivity index (χ1n) is 3.13. The number of hydrogen-bond donors (Lipinski definition) is 0. The fourth-order valence-corrected chi connectivity index (χ4v) is 0.905. The van der Waals surface area contributed by atoms with E-state index in [4.69, 9.17) is 0 Å². The Balaban J connectivity index is 2.74. The number of nitrogens with zero attached hydrogens (tertiary/aromatic N) is 2. The second-order valence-corrected chi connectivity index (χ2v) is 2.10. The third-order valence-corrected chi connectivity index (χ3v) is 1.41. The van der Waals surface area contributed by atoms with Crippen molar-refractivity contribution in [3.63, 3.8) is 0 Å². The Morgan fingerprint density at radius 2 is 1.90 bits per heavy atom. The molecule has 10 heavy (non-hydrogen) atoms. The van der Waals surface area contributed by atoms with E-state index in [1.807, 2.05) is 30.3 Å². The molecular formula is C8H6N2. The van der Waals surface area contributed by atoms with Crippen LogP contribution in [-0.2, 0) is 0 Å². The van der Waals surface area contributed by atoms with E-state index in [0.29, 0.717) is 0 Å². The summed E-state index contributed by atoms with van der Waals surface area (Å²) in [5.74, 6) is 0. The highest BCUT2D eigenvalue weighted by Gasteiger charge is 1.98. The molecule has 0 bridgehead atoms. The standard InChI is InChI=1S/C8H6N2/c1-2-4-7-6-9-10-8(7)5-3-1/h1-6H. The molecule has 0 fully saturated rings. The van der Waals surface area contributed by atoms with Gasteiger partial charge in [-0.1, -0.05) is 24.3 Å². The van der Waals surface area contributed by atoms with Crippen molar-refractivity contribution in [1.29, 1.82) is 0 Å². The van der Waals surface area contributed by atoms with Crippen LogP contribution >= 0.6 is 0 Å². The van der Waals surface area contributed by atoms with Crippen LogP contribution in [0.1, 0.15) is 0 Å². The van der Waals surface area contributed by atoms with Crippen LogP contribution in [0.2, 0.25) is 0 Å². The zero-order valence-electron chi connectivity index (χ0n) is 5.36. The third-order valence-electron chi connectivity index (χ3n) is 1.41. The Labute approximate surface area is 58.9 Å². The van der Waals surface area contributed by atoms with Crippen LogP contribution in [-0.4, -0.2) is 10.2 Å². The molecule has 1 aliphatic carbocycles. The molecule has 0 atom stereocenters. The summed E-state index contributed by atoms with van der Waals surface area (Å²) in [6.07, 6.45) is 1.76. The van der Waals surface area contributed by atoms with Crippen LogP contribution in [0.15, 0.2) is 36.5 Å². The van der Waals surface area contributed by atoms with Gasteiger partial charge in [0.15, 0.2) is 0 Å². The lowest BCUT2D eigenvalue weighted by Crippen LogP contribution is -1.66. The van der Waals surface area contributed by atoms with Gasteiger partial charge in [-0.2, -0.15) is 10.2 Å². The van der Waals surface area contributed by atoms with E-state index in [0.717, 1.165) is 11.3 Å². The monoisotopic (exact) mass is 130 g/mol. The number of hydrogen-bond acceptors (Lipinski definition) is 2. The molecule has 2 rings (SSSR count). The van der Waals surface area contributed by atoms with Crippen molar-refractivity contribution in [1.82, 2.24) is 10.2 Å². The fourth-order valence-electron chi connectivity index (χ4n) is 0.905. The SMILES string of the molecule is c1ccc2cnnc-2cc1. The summed E-state index contributed by atoms with van der Waals surface area (Å²) in [4.78, 5) is 0. The lowest BCUT2D eigenvalue weighted by atomic mass is 10.2. The molecule has 0 aromatic rings. The zero-order valence-corrected chi connectivity index (χ0v) is 5.36. The summed E-state index contributed by atoms with van der Waals surface area (Å²) >= 11 is 0. The van der Waals surface area contributed by atoms with Gasteiger partial charge in [-0.05, 0) is 6.07 Å². The van der Waals surface area contributed by atoms with Crippen molar-refractivity contribution >= 4 is 0 Å². The molecule has 0 unspecified atom stereocenters. The summed E-state index contributed by atoms with van der Waals surface area (Å²) in [7, 11) is 0. The Kier molecular flexibility index (Phi) is 1.10. The minimum Gasteiger partial charge on any atom is -0.158 e. The van der Waals surface area contributed by atoms with E-state index in [2.05, 4.69) is 10.2 Å². The van der Waals surface area contributed by atoms with Crippen LogP contribution in [0.3, 0.4) is 0 Å². The maximum atomic E-state index is 3.91. The van der Waals surface area contributed by atoms with Gasteiger partial charge in [0.2, 0.25) is 0 Å². The summed E-state index contributed by atoms with van der Waals surface area (Å²) in [5, 5.41) is 7.69. The Morgan fingerprint density at radius 1 is 1.00 bits per heavy atom. The quantitative estimate of drug-likeness (QED) is 0.541. The lowest BCUT2D eigenvalue weighted by molar-refractivity contribution is 1.10. The highest BCUT2D eigenvalue weighted by atomic mass is 15.1. The molecule has 0 aromatic carbocycles. The molecule has 0 amide bonds. The van der Waals surface area contributed by atoms with Gasteiger partial charge in [0.25, 0.3) is 0 Å². The molecule has 1 heterocycles. The molecule has 0 spiro atoms. The van der Waals surface area contributed by atoms with Crippen LogP contribution < -0.4 is 0 Å². The molecular weight excluding hydrogens is 124 g/mol. The first-order chi connectivity index (χ1) is 4.97. The Hall–Kier alpha value is -1.44. The second kappa shape index (κ2) is 2.06. The van der Waals surface area contributed by atoms with E-state index >= 15 is 0 Å². The maximum absolute atomic E-state index is 3.91. The molecule has 0 N–H and O–H groups in total. The van der Waals surface area contributed by atoms with E-state index in [9.17, 15) is 0 Å². The lowest BCUT2D eigenvalue weighted by Gasteiger charge is -1.80. The molecule has 0 aromatic heterocycles. The number of fused-ring (bicyclic) bond motifs is 1. The van der Waals surface area contributed by atoms with Crippen molar-refractivity contribution in [3.05, 3.63) is 36.5 Å². The normalized spacial score (nSPS) is 10.0. The van der Waals surface area contributed by atoms with Gasteiger partial charge >= 0.3 is 0 Å². The zero-order chi connectivity index (χ0) is 6.81. The summed E-state index contributed by atoms with van der Waals surface area (Å²) in [6.45, 7) is 0. The molecule has 1 aliphatic heterocycles. The minimum atomic E-state index is 0.949. The van der Waals surface area contributed by atoms with Gasteiger partial charge in [-0.25, -0.2) is 0 Å². The first kappa shape index (κ1) is 5.35. The van der Waals surface area contributed by atoms with E-state index in [1.165, 1.54) is 0 Å². The fraction of sp³-hybridized carbons (Fsp3) is 0. The van der Waals surface area contributed by atoms with Gasteiger partial charge < -0.3 is 0 Å². The van der Waals surface area contributed by atoms with Crippen LogP contribution in [0.25, 0.3) is 11.3 Å². The average Bonchev–Trinajstić information content (AvgIpc) is 2.28. The van der Waals surface area contributed by atoms with Crippen molar-refractivity contribution in [2.24, 2.45) is 0 Å². The van der Waals surface area contributed by atoms with Gasteiger partial charge in [0.1, 0.15) is 0 Å². The van der Waals surface area contributed by atoms with Gasteiger partial charge in [-0.15, -0.1) is 0 Å². The van der Waals surface area contributed by atoms with E-state index in [1.54, 1.807) is 6.20 Å². The molecule has 2 nitrogen and oxygen atoms in total.